The fraction of sp³-hybridized carbons (Fsp3) is 0.143. The van der Waals surface area contributed by atoms with Crippen molar-refractivity contribution < 1.29 is 0 Å². The van der Waals surface area contributed by atoms with Crippen molar-refractivity contribution in [2.75, 3.05) is 6.67 Å². The topological polar surface area (TPSA) is 63.4 Å². The zero-order valence-corrected chi connectivity index (χ0v) is 14.6. The first kappa shape index (κ1) is 15.7. The summed E-state index contributed by atoms with van der Waals surface area (Å²) in [6.07, 6.45) is 11.6. The van der Waals surface area contributed by atoms with E-state index in [2.05, 4.69) is 62.5 Å². The summed E-state index contributed by atoms with van der Waals surface area (Å²) < 4.78 is 1.62. The third-order valence-electron chi connectivity index (χ3n) is 4.90. The molecule has 0 saturated carbocycles. The van der Waals surface area contributed by atoms with Crippen LogP contribution in [0, 0.1) is 0 Å². The lowest BCUT2D eigenvalue weighted by atomic mass is 10.0. The van der Waals surface area contributed by atoms with Gasteiger partial charge in [0.05, 0.1) is 18.0 Å². The summed E-state index contributed by atoms with van der Waals surface area (Å²) in [4.78, 5) is 27.5. The third-order valence-corrected chi connectivity index (χ3v) is 4.90. The van der Waals surface area contributed by atoms with E-state index in [0.717, 1.165) is 11.1 Å². The van der Waals surface area contributed by atoms with E-state index >= 15 is 0 Å². The van der Waals surface area contributed by atoms with E-state index < -0.39 is 0 Å². The highest BCUT2D eigenvalue weighted by Gasteiger charge is 2.19. The number of hydrogen-bond donors (Lipinski definition) is 0. The summed E-state index contributed by atoms with van der Waals surface area (Å²) in [6.45, 7) is 1.19. The molecule has 6 nitrogen and oxygen atoms in total. The van der Waals surface area contributed by atoms with Crippen LogP contribution in [0.25, 0.3) is 16.6 Å². The minimum Gasteiger partial charge on any atom is -0.346 e. The number of aromatic nitrogens is 3. The first-order valence-corrected chi connectivity index (χ1v) is 8.83. The van der Waals surface area contributed by atoms with Gasteiger partial charge in [-0.15, -0.1) is 0 Å². The molecule has 6 heteroatoms. The van der Waals surface area contributed by atoms with E-state index in [1.807, 2.05) is 6.21 Å². The van der Waals surface area contributed by atoms with Gasteiger partial charge in [-0.25, -0.2) is 9.97 Å². The largest absolute Gasteiger partial charge is 0.346 e. The van der Waals surface area contributed by atoms with Gasteiger partial charge in [-0.05, 0) is 28.8 Å². The molecule has 2 aromatic heterocycles. The summed E-state index contributed by atoms with van der Waals surface area (Å²) in [7, 11) is 0. The van der Waals surface area contributed by atoms with Crippen LogP contribution in [-0.2, 0) is 6.54 Å². The number of pyridine rings is 1. The molecule has 4 heterocycles. The fourth-order valence-corrected chi connectivity index (χ4v) is 3.42. The average Bonchev–Trinajstić information content (AvgIpc) is 3.19. The molecule has 0 bridgehead atoms. The second kappa shape index (κ2) is 6.32. The van der Waals surface area contributed by atoms with E-state index in [1.54, 1.807) is 29.2 Å². The number of aliphatic imine (C=N–C) groups is 1. The molecule has 0 fully saturated rings. The Bertz CT molecular complexity index is 1160. The Balaban J connectivity index is 1.39. The minimum absolute atomic E-state index is 0.0739. The van der Waals surface area contributed by atoms with E-state index in [0.29, 0.717) is 24.2 Å². The van der Waals surface area contributed by atoms with Crippen LogP contribution >= 0.6 is 0 Å². The van der Waals surface area contributed by atoms with Crippen LogP contribution in [0.2, 0.25) is 0 Å². The summed E-state index contributed by atoms with van der Waals surface area (Å²) in [6, 6.07) is 12.1. The standard InChI is InChI=1S/C21H17N5O/c27-21-19-2-1-9-23-20(19)24-14-26(21)11-15-3-5-16(6-4-15)17-7-8-18-10-22-13-25(18)12-17/h1-10,12,14,18H,11,13H2. The van der Waals surface area contributed by atoms with Gasteiger partial charge in [0.1, 0.15) is 13.0 Å². The summed E-state index contributed by atoms with van der Waals surface area (Å²) in [5.74, 6) is 0. The zero-order chi connectivity index (χ0) is 18.2. The molecule has 132 valence electrons. The Hall–Kier alpha value is -3.54. The molecule has 1 unspecified atom stereocenters. The Morgan fingerprint density at radius 2 is 2.00 bits per heavy atom. The van der Waals surface area contributed by atoms with Gasteiger partial charge < -0.3 is 4.90 Å². The lowest BCUT2D eigenvalue weighted by Crippen LogP contribution is -2.27. The van der Waals surface area contributed by atoms with Gasteiger partial charge in [-0.2, -0.15) is 0 Å². The molecular weight excluding hydrogens is 338 g/mol. The van der Waals surface area contributed by atoms with Crippen molar-refractivity contribution in [2.24, 2.45) is 4.99 Å². The summed E-state index contributed by atoms with van der Waals surface area (Å²) in [5, 5.41) is 0.538. The van der Waals surface area contributed by atoms with Crippen LogP contribution in [-0.4, -0.2) is 38.4 Å². The van der Waals surface area contributed by atoms with E-state index in [9.17, 15) is 4.79 Å². The maximum absolute atomic E-state index is 12.6. The smallest absolute Gasteiger partial charge is 0.263 e. The van der Waals surface area contributed by atoms with Gasteiger partial charge in [0.25, 0.3) is 5.56 Å². The van der Waals surface area contributed by atoms with E-state index in [4.69, 9.17) is 0 Å². The molecule has 0 spiro atoms. The Morgan fingerprint density at radius 1 is 1.11 bits per heavy atom. The maximum Gasteiger partial charge on any atom is 0.263 e. The highest BCUT2D eigenvalue weighted by Crippen LogP contribution is 2.24. The number of rotatable bonds is 3. The quantitative estimate of drug-likeness (QED) is 0.724. The molecule has 0 aliphatic carbocycles. The van der Waals surface area contributed by atoms with Crippen LogP contribution in [0.15, 0.2) is 77.1 Å². The van der Waals surface area contributed by atoms with Crippen LogP contribution in [0.1, 0.15) is 11.1 Å². The predicted molar refractivity (Wildman–Crippen MR) is 105 cm³/mol. The number of fused-ring (bicyclic) bond motifs is 2. The zero-order valence-electron chi connectivity index (χ0n) is 14.6. The van der Waals surface area contributed by atoms with Gasteiger partial charge in [-0.3, -0.25) is 14.4 Å². The molecule has 0 amide bonds. The molecule has 5 rings (SSSR count). The first-order chi connectivity index (χ1) is 13.3. The van der Waals surface area contributed by atoms with Crippen LogP contribution in [0.3, 0.4) is 0 Å². The van der Waals surface area contributed by atoms with Crippen molar-refractivity contribution in [1.82, 2.24) is 19.4 Å². The molecule has 0 N–H and O–H groups in total. The van der Waals surface area contributed by atoms with E-state index in [1.165, 1.54) is 5.57 Å². The predicted octanol–water partition coefficient (Wildman–Crippen LogP) is 2.46. The lowest BCUT2D eigenvalue weighted by molar-refractivity contribution is 0.416. The monoisotopic (exact) mass is 355 g/mol. The van der Waals surface area contributed by atoms with Crippen molar-refractivity contribution in [1.29, 1.82) is 0 Å². The fourth-order valence-electron chi connectivity index (χ4n) is 3.42. The Morgan fingerprint density at radius 3 is 2.89 bits per heavy atom. The average molecular weight is 355 g/mol. The number of hydrogen-bond acceptors (Lipinski definition) is 5. The van der Waals surface area contributed by atoms with Crippen molar-refractivity contribution in [3.05, 3.63) is 88.8 Å². The van der Waals surface area contributed by atoms with Crippen molar-refractivity contribution in [3.8, 4) is 0 Å². The number of benzene rings is 1. The minimum atomic E-state index is -0.0739. The highest BCUT2D eigenvalue weighted by atomic mass is 16.1. The molecule has 2 aliphatic rings. The van der Waals surface area contributed by atoms with Gasteiger partial charge in [0, 0.05) is 18.6 Å². The SMILES string of the molecule is O=c1c2cccnc2ncn1Cc1ccc(C2=CN3CN=CC3C=C2)cc1. The van der Waals surface area contributed by atoms with Crippen molar-refractivity contribution in [3.63, 3.8) is 0 Å². The lowest BCUT2D eigenvalue weighted by Gasteiger charge is -2.23. The molecular formula is C21H17N5O. The molecule has 1 aromatic carbocycles. The first-order valence-electron chi connectivity index (χ1n) is 8.83. The van der Waals surface area contributed by atoms with Crippen molar-refractivity contribution in [2.45, 2.75) is 12.6 Å². The van der Waals surface area contributed by atoms with Gasteiger partial charge in [0.2, 0.25) is 0 Å². The maximum atomic E-state index is 12.6. The highest BCUT2D eigenvalue weighted by molar-refractivity contribution is 5.80. The second-order valence-corrected chi connectivity index (χ2v) is 6.67. The molecule has 0 radical (unpaired) electrons. The third kappa shape index (κ3) is 2.85. The number of allylic oxidation sites excluding steroid dienone is 2. The van der Waals surface area contributed by atoms with Crippen LogP contribution < -0.4 is 5.56 Å². The summed E-state index contributed by atoms with van der Waals surface area (Å²) in [5.41, 5.74) is 3.77. The molecule has 2 aliphatic heterocycles. The number of nitrogens with zero attached hydrogens (tertiary/aromatic N) is 5. The van der Waals surface area contributed by atoms with Crippen molar-refractivity contribution >= 4 is 22.8 Å². The molecule has 3 aromatic rings. The molecule has 0 saturated heterocycles. The molecule has 27 heavy (non-hydrogen) atoms. The second-order valence-electron chi connectivity index (χ2n) is 6.67. The van der Waals surface area contributed by atoms with Crippen LogP contribution in [0.5, 0.6) is 0 Å². The van der Waals surface area contributed by atoms with Gasteiger partial charge >= 0.3 is 0 Å². The van der Waals surface area contributed by atoms with Crippen LogP contribution in [0.4, 0.5) is 0 Å². The normalized spacial score (nSPS) is 18.0. The van der Waals surface area contributed by atoms with Gasteiger partial charge in [0.15, 0.2) is 5.65 Å². The Labute approximate surface area is 155 Å². The van der Waals surface area contributed by atoms with Gasteiger partial charge in [-0.1, -0.05) is 36.4 Å². The summed E-state index contributed by atoms with van der Waals surface area (Å²) >= 11 is 0. The van der Waals surface area contributed by atoms with E-state index in [-0.39, 0.29) is 11.6 Å². The Kier molecular flexibility index (Phi) is 3.67. The molecule has 1 atom stereocenters.